The van der Waals surface area contributed by atoms with Crippen LogP contribution in [0.2, 0.25) is 0 Å². The Bertz CT molecular complexity index is 458. The minimum Gasteiger partial charge on any atom is -0.461 e. The first-order chi connectivity index (χ1) is 8.61. The van der Waals surface area contributed by atoms with E-state index in [2.05, 4.69) is 4.98 Å². The van der Waals surface area contributed by atoms with Gasteiger partial charge in [0, 0.05) is 25.4 Å². The second-order valence-electron chi connectivity index (χ2n) is 4.37. The zero-order chi connectivity index (χ0) is 13.1. The van der Waals surface area contributed by atoms with Gasteiger partial charge in [-0.3, -0.25) is 4.79 Å². The Morgan fingerprint density at radius 2 is 2.44 bits per heavy atom. The molecule has 1 fully saturated rings. The zero-order valence-electron chi connectivity index (χ0n) is 10.5. The van der Waals surface area contributed by atoms with Crippen molar-refractivity contribution >= 4 is 23.2 Å². The van der Waals surface area contributed by atoms with Gasteiger partial charge in [-0.2, -0.15) is 0 Å². The van der Waals surface area contributed by atoms with Crippen LogP contribution < -0.4 is 0 Å². The summed E-state index contributed by atoms with van der Waals surface area (Å²) in [6.07, 6.45) is 0.475. The van der Waals surface area contributed by atoms with Gasteiger partial charge in [-0.1, -0.05) is 0 Å². The fourth-order valence-corrected chi connectivity index (χ4v) is 2.72. The molecular weight excluding hydrogens is 252 g/mol. The van der Waals surface area contributed by atoms with Gasteiger partial charge in [0.05, 0.1) is 17.8 Å². The number of aromatic nitrogens is 1. The minimum absolute atomic E-state index is 0.120. The molecule has 18 heavy (non-hydrogen) atoms. The normalized spacial score (nSPS) is 19.3. The first-order valence-corrected chi connectivity index (χ1v) is 6.84. The number of hydrogen-bond donors (Lipinski definition) is 0. The smallest absolute Gasteiger partial charge is 0.350 e. The molecule has 0 N–H and O–H groups in total. The Labute approximate surface area is 110 Å². The number of amides is 1. The fraction of sp³-hybridized carbons (Fsp3) is 0.583. The number of likely N-dealkylation sites (tertiary alicyclic amines) is 1. The van der Waals surface area contributed by atoms with Crippen molar-refractivity contribution in [2.75, 3.05) is 19.7 Å². The first-order valence-electron chi connectivity index (χ1n) is 5.96. The van der Waals surface area contributed by atoms with Crippen LogP contribution in [0.25, 0.3) is 0 Å². The summed E-state index contributed by atoms with van der Waals surface area (Å²) in [5.74, 6) is -0.0699. The first kappa shape index (κ1) is 13.0. The highest BCUT2D eigenvalue weighted by Gasteiger charge is 2.29. The van der Waals surface area contributed by atoms with Crippen molar-refractivity contribution < 1.29 is 14.3 Å². The van der Waals surface area contributed by atoms with Crippen molar-refractivity contribution in [3.05, 3.63) is 16.1 Å². The number of nitrogens with zero attached hydrogens (tertiary/aromatic N) is 2. The number of hydrogen-bond acceptors (Lipinski definition) is 5. The largest absolute Gasteiger partial charge is 0.461 e. The van der Waals surface area contributed by atoms with Crippen LogP contribution in [0.1, 0.15) is 28.7 Å². The van der Waals surface area contributed by atoms with Crippen LogP contribution >= 0.6 is 11.3 Å². The lowest BCUT2D eigenvalue weighted by Crippen LogP contribution is -2.25. The average Bonchev–Trinajstić information content (AvgIpc) is 2.92. The number of thiazole rings is 1. The van der Waals surface area contributed by atoms with Crippen molar-refractivity contribution in [1.29, 1.82) is 0 Å². The summed E-state index contributed by atoms with van der Waals surface area (Å²) in [5.41, 5.74) is 2.33. The van der Waals surface area contributed by atoms with Crippen LogP contribution in [0.3, 0.4) is 0 Å². The van der Waals surface area contributed by atoms with Gasteiger partial charge in [0.25, 0.3) is 0 Å². The molecule has 1 aliphatic rings. The summed E-state index contributed by atoms with van der Waals surface area (Å²) < 4.78 is 5.24. The Kier molecular flexibility index (Phi) is 3.96. The van der Waals surface area contributed by atoms with Crippen molar-refractivity contribution in [3.63, 3.8) is 0 Å². The number of rotatable bonds is 4. The van der Waals surface area contributed by atoms with E-state index in [0.29, 0.717) is 30.1 Å². The Hall–Kier alpha value is -1.43. The lowest BCUT2D eigenvalue weighted by molar-refractivity contribution is -0.127. The predicted molar refractivity (Wildman–Crippen MR) is 67.5 cm³/mol. The van der Waals surface area contributed by atoms with Gasteiger partial charge in [0.1, 0.15) is 4.88 Å². The molecule has 5 nitrogen and oxygen atoms in total. The van der Waals surface area contributed by atoms with Gasteiger partial charge in [-0.05, 0) is 13.8 Å². The van der Waals surface area contributed by atoms with Gasteiger partial charge >= 0.3 is 5.97 Å². The van der Waals surface area contributed by atoms with E-state index in [9.17, 15) is 9.59 Å². The SMILES string of the molecule is CCN1C[C@H](COC(=O)c2scnc2C)CC1=O. The zero-order valence-corrected chi connectivity index (χ0v) is 11.3. The quantitative estimate of drug-likeness (QED) is 0.776. The molecule has 1 aromatic heterocycles. The molecule has 1 aromatic rings. The molecule has 1 aliphatic heterocycles. The van der Waals surface area contributed by atoms with E-state index in [1.54, 1.807) is 17.3 Å². The summed E-state index contributed by atoms with van der Waals surface area (Å²) in [5, 5.41) is 0. The van der Waals surface area contributed by atoms with Gasteiger partial charge < -0.3 is 9.64 Å². The molecule has 1 saturated heterocycles. The summed E-state index contributed by atoms with van der Waals surface area (Å²) in [4.78, 5) is 29.6. The number of carbonyl (C=O) groups excluding carboxylic acids is 2. The number of esters is 1. The molecule has 0 spiro atoms. The van der Waals surface area contributed by atoms with Crippen molar-refractivity contribution in [3.8, 4) is 0 Å². The molecule has 0 aromatic carbocycles. The molecule has 0 bridgehead atoms. The van der Waals surface area contributed by atoms with Gasteiger partial charge in [-0.25, -0.2) is 9.78 Å². The van der Waals surface area contributed by atoms with E-state index in [1.165, 1.54) is 11.3 Å². The van der Waals surface area contributed by atoms with E-state index < -0.39 is 0 Å². The average molecular weight is 268 g/mol. The highest BCUT2D eigenvalue weighted by Crippen LogP contribution is 2.19. The maximum Gasteiger partial charge on any atom is 0.350 e. The molecular formula is C12H16N2O3S. The molecule has 6 heteroatoms. The van der Waals surface area contributed by atoms with Crippen LogP contribution in [-0.4, -0.2) is 41.5 Å². The summed E-state index contributed by atoms with van der Waals surface area (Å²) in [6, 6.07) is 0. The molecule has 0 radical (unpaired) electrons. The van der Waals surface area contributed by atoms with E-state index >= 15 is 0 Å². The molecule has 0 aliphatic carbocycles. The number of ether oxygens (including phenoxy) is 1. The molecule has 2 heterocycles. The molecule has 1 atom stereocenters. The van der Waals surface area contributed by atoms with Crippen LogP contribution in [0, 0.1) is 12.8 Å². The van der Waals surface area contributed by atoms with Crippen LogP contribution in [0.15, 0.2) is 5.51 Å². The third-order valence-electron chi connectivity index (χ3n) is 3.06. The lowest BCUT2D eigenvalue weighted by atomic mass is 10.1. The van der Waals surface area contributed by atoms with Crippen molar-refractivity contribution in [2.45, 2.75) is 20.3 Å². The van der Waals surface area contributed by atoms with Gasteiger partial charge in [0.15, 0.2) is 0 Å². The van der Waals surface area contributed by atoms with E-state index in [1.807, 2.05) is 6.92 Å². The molecule has 1 amide bonds. The van der Waals surface area contributed by atoms with E-state index in [-0.39, 0.29) is 17.8 Å². The summed E-state index contributed by atoms with van der Waals surface area (Å²) in [7, 11) is 0. The second kappa shape index (κ2) is 5.48. The Balaban J connectivity index is 1.84. The van der Waals surface area contributed by atoms with E-state index in [4.69, 9.17) is 4.74 Å². The molecule has 0 unspecified atom stereocenters. The van der Waals surface area contributed by atoms with Crippen molar-refractivity contribution in [1.82, 2.24) is 9.88 Å². The standard InChI is InChI=1S/C12H16N2O3S/c1-3-14-5-9(4-10(14)15)6-17-12(16)11-8(2)13-7-18-11/h7,9H,3-6H2,1-2H3/t9-/m1/s1. The van der Waals surface area contributed by atoms with Crippen molar-refractivity contribution in [2.24, 2.45) is 5.92 Å². The number of aryl methyl sites for hydroxylation is 1. The third kappa shape index (κ3) is 2.69. The highest BCUT2D eigenvalue weighted by molar-refractivity contribution is 7.11. The van der Waals surface area contributed by atoms with Gasteiger partial charge in [-0.15, -0.1) is 11.3 Å². The fourth-order valence-electron chi connectivity index (χ4n) is 2.03. The van der Waals surface area contributed by atoms with Gasteiger partial charge in [0.2, 0.25) is 5.91 Å². The highest BCUT2D eigenvalue weighted by atomic mass is 32.1. The Morgan fingerprint density at radius 1 is 1.67 bits per heavy atom. The molecule has 98 valence electrons. The molecule has 2 rings (SSSR count). The maximum atomic E-state index is 11.8. The molecule has 0 saturated carbocycles. The second-order valence-corrected chi connectivity index (χ2v) is 5.22. The van der Waals surface area contributed by atoms with E-state index in [0.717, 1.165) is 6.54 Å². The van der Waals surface area contributed by atoms with Crippen LogP contribution in [-0.2, 0) is 9.53 Å². The minimum atomic E-state index is -0.336. The maximum absolute atomic E-state index is 11.8. The lowest BCUT2D eigenvalue weighted by Gasteiger charge is -2.13. The van der Waals surface area contributed by atoms with Crippen LogP contribution in [0.5, 0.6) is 0 Å². The summed E-state index contributed by atoms with van der Waals surface area (Å²) in [6.45, 7) is 5.44. The predicted octanol–water partition coefficient (Wildman–Crippen LogP) is 1.48. The third-order valence-corrected chi connectivity index (χ3v) is 3.97. The monoisotopic (exact) mass is 268 g/mol. The Morgan fingerprint density at radius 3 is 3.00 bits per heavy atom. The topological polar surface area (TPSA) is 59.5 Å². The summed E-state index contributed by atoms with van der Waals surface area (Å²) >= 11 is 1.28. The van der Waals surface area contributed by atoms with Crippen LogP contribution in [0.4, 0.5) is 0 Å². The number of carbonyl (C=O) groups is 2.